The summed E-state index contributed by atoms with van der Waals surface area (Å²) in [6.07, 6.45) is 0. The third-order valence-corrected chi connectivity index (χ3v) is 5.79. The molecular weight excluding hydrogens is 414 g/mol. The molecule has 0 N–H and O–H groups in total. The first-order chi connectivity index (χ1) is 15.0. The lowest BCUT2D eigenvalue weighted by atomic mass is 10.1. The van der Waals surface area contributed by atoms with E-state index < -0.39 is 11.9 Å². The number of hydrogen-bond acceptors (Lipinski definition) is 6. The number of carbonyl (C=O) groups is 2. The highest BCUT2D eigenvalue weighted by Crippen LogP contribution is 2.27. The summed E-state index contributed by atoms with van der Waals surface area (Å²) in [5.74, 6) is -0.209. The van der Waals surface area contributed by atoms with Gasteiger partial charge in [-0.1, -0.05) is 23.5 Å². The molecule has 0 fully saturated rings. The summed E-state index contributed by atoms with van der Waals surface area (Å²) in [6, 6.07) is 14.7. The maximum Gasteiger partial charge on any atom is 0.326 e. The van der Waals surface area contributed by atoms with Gasteiger partial charge >= 0.3 is 5.97 Å². The van der Waals surface area contributed by atoms with Crippen molar-refractivity contribution in [1.29, 1.82) is 0 Å². The third-order valence-electron chi connectivity index (χ3n) is 4.75. The second-order valence-corrected chi connectivity index (χ2v) is 7.87. The quantitative estimate of drug-likeness (QED) is 0.445. The van der Waals surface area contributed by atoms with Gasteiger partial charge in [0.2, 0.25) is 0 Å². The first kappa shape index (κ1) is 20.7. The second-order valence-electron chi connectivity index (χ2n) is 6.86. The molecule has 2 aromatic carbocycles. The lowest BCUT2D eigenvalue weighted by Crippen LogP contribution is -2.23. The van der Waals surface area contributed by atoms with Crippen LogP contribution in [0.2, 0.25) is 0 Å². The van der Waals surface area contributed by atoms with Crippen LogP contribution in [0.25, 0.3) is 21.1 Å². The topological polar surface area (TPSA) is 82.8 Å². The van der Waals surface area contributed by atoms with Gasteiger partial charge in [0.25, 0.3) is 5.91 Å². The van der Waals surface area contributed by atoms with E-state index in [1.165, 1.54) is 11.3 Å². The van der Waals surface area contributed by atoms with E-state index in [2.05, 4.69) is 9.98 Å². The van der Waals surface area contributed by atoms with Gasteiger partial charge in [-0.2, -0.15) is 4.99 Å². The molecule has 0 spiro atoms. The number of carbonyl (C=O) groups excluding carboxylic acids is 2. The van der Waals surface area contributed by atoms with Crippen LogP contribution in [0.1, 0.15) is 23.0 Å². The van der Waals surface area contributed by atoms with E-state index in [0.717, 1.165) is 21.3 Å². The van der Waals surface area contributed by atoms with E-state index in [1.807, 2.05) is 37.3 Å². The predicted octanol–water partition coefficient (Wildman–Crippen LogP) is 3.87. The lowest BCUT2D eigenvalue weighted by Gasteiger charge is -2.08. The van der Waals surface area contributed by atoms with E-state index in [1.54, 1.807) is 36.8 Å². The van der Waals surface area contributed by atoms with Crippen molar-refractivity contribution in [2.24, 2.45) is 4.99 Å². The summed E-state index contributed by atoms with van der Waals surface area (Å²) in [4.78, 5) is 34.4. The Morgan fingerprint density at radius 2 is 2.00 bits per heavy atom. The molecule has 2 heterocycles. The van der Waals surface area contributed by atoms with Crippen LogP contribution in [0.5, 0.6) is 5.75 Å². The van der Waals surface area contributed by atoms with Crippen molar-refractivity contribution in [3.05, 3.63) is 64.6 Å². The standard InChI is InChI=1S/C23H21N3O4S/c1-4-30-20(27)13-26-21-18(29-3)6-5-7-19(21)31-23(26)25-22(28)16-10-11-17-15(12-16)9-8-14(2)24-17/h5-12H,4,13H2,1-3H3. The molecule has 1 amide bonds. The summed E-state index contributed by atoms with van der Waals surface area (Å²) in [6.45, 7) is 3.88. The molecule has 8 heteroatoms. The minimum Gasteiger partial charge on any atom is -0.495 e. The van der Waals surface area contributed by atoms with Gasteiger partial charge in [0, 0.05) is 16.6 Å². The summed E-state index contributed by atoms with van der Waals surface area (Å²) in [5.41, 5.74) is 2.88. The van der Waals surface area contributed by atoms with E-state index in [0.29, 0.717) is 21.6 Å². The van der Waals surface area contributed by atoms with Crippen LogP contribution >= 0.6 is 11.3 Å². The fraction of sp³-hybridized carbons (Fsp3) is 0.217. The van der Waals surface area contributed by atoms with Crippen molar-refractivity contribution >= 4 is 44.3 Å². The Bertz CT molecular complexity index is 1370. The molecule has 0 bridgehead atoms. The number of pyridine rings is 1. The van der Waals surface area contributed by atoms with Crippen LogP contribution < -0.4 is 9.54 Å². The maximum atomic E-state index is 13.0. The first-order valence-corrected chi connectivity index (χ1v) is 10.6. The fourth-order valence-corrected chi connectivity index (χ4v) is 4.39. The number of amides is 1. The normalized spacial score (nSPS) is 11.8. The molecule has 0 aliphatic heterocycles. The van der Waals surface area contributed by atoms with Crippen LogP contribution in [0, 0.1) is 6.92 Å². The number of rotatable bonds is 5. The lowest BCUT2D eigenvalue weighted by molar-refractivity contribution is -0.143. The molecule has 0 saturated heterocycles. The highest BCUT2D eigenvalue weighted by molar-refractivity contribution is 7.16. The molecule has 0 atom stereocenters. The van der Waals surface area contributed by atoms with E-state index in [4.69, 9.17) is 9.47 Å². The van der Waals surface area contributed by atoms with E-state index in [9.17, 15) is 9.59 Å². The molecule has 4 rings (SSSR count). The number of esters is 1. The van der Waals surface area contributed by atoms with Crippen molar-refractivity contribution in [2.75, 3.05) is 13.7 Å². The van der Waals surface area contributed by atoms with Crippen molar-refractivity contribution < 1.29 is 19.1 Å². The Labute approximate surface area is 182 Å². The molecule has 0 aliphatic rings. The third kappa shape index (κ3) is 4.20. The number of fused-ring (bicyclic) bond motifs is 2. The van der Waals surface area contributed by atoms with E-state index >= 15 is 0 Å². The van der Waals surface area contributed by atoms with Gasteiger partial charge in [0.15, 0.2) is 4.80 Å². The fourth-order valence-electron chi connectivity index (χ4n) is 3.34. The largest absolute Gasteiger partial charge is 0.495 e. The maximum absolute atomic E-state index is 13.0. The number of thiazole rings is 1. The monoisotopic (exact) mass is 435 g/mol. The van der Waals surface area contributed by atoms with Gasteiger partial charge in [-0.3, -0.25) is 14.6 Å². The molecule has 31 heavy (non-hydrogen) atoms. The van der Waals surface area contributed by atoms with Crippen molar-refractivity contribution in [1.82, 2.24) is 9.55 Å². The van der Waals surface area contributed by atoms with Crippen LogP contribution in [-0.4, -0.2) is 35.1 Å². The second kappa shape index (κ2) is 8.69. The highest BCUT2D eigenvalue weighted by Gasteiger charge is 2.16. The molecule has 7 nitrogen and oxygen atoms in total. The van der Waals surface area contributed by atoms with Gasteiger partial charge < -0.3 is 14.0 Å². The zero-order valence-corrected chi connectivity index (χ0v) is 18.2. The molecule has 0 aliphatic carbocycles. The van der Waals surface area contributed by atoms with Crippen LogP contribution in [0.3, 0.4) is 0 Å². The van der Waals surface area contributed by atoms with Gasteiger partial charge in [-0.15, -0.1) is 0 Å². The van der Waals surface area contributed by atoms with Gasteiger partial charge in [-0.25, -0.2) is 0 Å². The Kier molecular flexibility index (Phi) is 5.81. The van der Waals surface area contributed by atoms with Gasteiger partial charge in [0.1, 0.15) is 17.8 Å². The first-order valence-electron chi connectivity index (χ1n) is 9.78. The molecule has 0 saturated carbocycles. The zero-order valence-electron chi connectivity index (χ0n) is 17.4. The Hall–Kier alpha value is -3.52. The molecule has 2 aromatic heterocycles. The van der Waals surface area contributed by atoms with Crippen molar-refractivity contribution in [2.45, 2.75) is 20.4 Å². The number of aromatic nitrogens is 2. The zero-order chi connectivity index (χ0) is 22.0. The van der Waals surface area contributed by atoms with Crippen LogP contribution in [0.15, 0.2) is 53.5 Å². The number of ether oxygens (including phenoxy) is 2. The van der Waals surface area contributed by atoms with Gasteiger partial charge in [0.05, 0.1) is 23.9 Å². The summed E-state index contributed by atoms with van der Waals surface area (Å²) in [7, 11) is 1.56. The average molecular weight is 436 g/mol. The Morgan fingerprint density at radius 3 is 2.77 bits per heavy atom. The van der Waals surface area contributed by atoms with E-state index in [-0.39, 0.29) is 13.2 Å². The Balaban J connectivity index is 1.83. The highest BCUT2D eigenvalue weighted by atomic mass is 32.1. The molecular formula is C23H21N3O4S. The number of benzene rings is 2. The number of hydrogen-bond donors (Lipinski definition) is 0. The number of methoxy groups -OCH3 is 1. The molecule has 158 valence electrons. The summed E-state index contributed by atoms with van der Waals surface area (Å²) < 4.78 is 13.1. The minimum atomic E-state index is -0.408. The van der Waals surface area contributed by atoms with Gasteiger partial charge in [-0.05, 0) is 50.2 Å². The average Bonchev–Trinajstić information content (AvgIpc) is 3.10. The smallest absolute Gasteiger partial charge is 0.326 e. The summed E-state index contributed by atoms with van der Waals surface area (Å²) in [5, 5.41) is 0.865. The summed E-state index contributed by atoms with van der Waals surface area (Å²) >= 11 is 1.32. The van der Waals surface area contributed by atoms with Crippen molar-refractivity contribution in [3.8, 4) is 5.75 Å². The number of para-hydroxylation sites is 1. The van der Waals surface area contributed by atoms with Crippen LogP contribution in [-0.2, 0) is 16.1 Å². The number of aryl methyl sites for hydroxylation is 1. The Morgan fingerprint density at radius 1 is 1.16 bits per heavy atom. The number of nitrogens with zero attached hydrogens (tertiary/aromatic N) is 3. The molecule has 0 radical (unpaired) electrons. The minimum absolute atomic E-state index is 0.0682. The van der Waals surface area contributed by atoms with Crippen LogP contribution in [0.4, 0.5) is 0 Å². The molecule has 0 unspecified atom stereocenters. The predicted molar refractivity (Wildman–Crippen MR) is 119 cm³/mol. The van der Waals surface area contributed by atoms with Crippen molar-refractivity contribution in [3.63, 3.8) is 0 Å². The molecule has 4 aromatic rings. The SMILES string of the molecule is CCOC(=O)Cn1c(=NC(=O)c2ccc3nc(C)ccc3c2)sc2cccc(OC)c21.